The Morgan fingerprint density at radius 1 is 1.43 bits per heavy atom. The molecule has 0 fully saturated rings. The van der Waals surface area contributed by atoms with Crippen molar-refractivity contribution in [2.24, 2.45) is 0 Å². The van der Waals surface area contributed by atoms with Gasteiger partial charge in [0.25, 0.3) is 0 Å². The maximum atomic E-state index is 13.0. The van der Waals surface area contributed by atoms with Crippen LogP contribution in [0.4, 0.5) is 4.39 Å². The van der Waals surface area contributed by atoms with E-state index in [1.807, 2.05) is 0 Å². The first-order valence-corrected chi connectivity index (χ1v) is 4.66. The molecule has 1 atom stereocenters. The molecule has 0 amide bonds. The highest BCUT2D eigenvalue weighted by Crippen LogP contribution is 2.24. The van der Waals surface area contributed by atoms with Crippen LogP contribution in [-0.2, 0) is 12.8 Å². The van der Waals surface area contributed by atoms with Gasteiger partial charge in [0.2, 0.25) is 0 Å². The first kappa shape index (κ1) is 9.19. The standard InChI is InChI=1S/C11H11FO2/c12-10-4-3-7-5-9(11(13)14)2-1-8(7)6-10/h1-2,5,10H,3-4,6H2,(H,13,14). The van der Waals surface area contributed by atoms with E-state index in [0.717, 1.165) is 11.1 Å². The number of carboxylic acid groups (broad SMARTS) is 1. The Kier molecular flexibility index (Phi) is 2.23. The summed E-state index contributed by atoms with van der Waals surface area (Å²) in [4.78, 5) is 10.7. The minimum Gasteiger partial charge on any atom is -0.478 e. The normalized spacial score (nSPS) is 20.2. The van der Waals surface area contributed by atoms with E-state index in [9.17, 15) is 9.18 Å². The first-order valence-electron chi connectivity index (χ1n) is 4.66. The Balaban J connectivity index is 2.36. The van der Waals surface area contributed by atoms with Crippen molar-refractivity contribution in [3.63, 3.8) is 0 Å². The fraction of sp³-hybridized carbons (Fsp3) is 0.364. The molecule has 0 saturated heterocycles. The molecule has 0 aromatic heterocycles. The third kappa shape index (κ3) is 1.62. The molecule has 0 bridgehead atoms. The number of hydrogen-bond acceptors (Lipinski definition) is 1. The molecule has 1 aromatic carbocycles. The van der Waals surface area contributed by atoms with Gasteiger partial charge in [0, 0.05) is 6.42 Å². The van der Waals surface area contributed by atoms with Crippen LogP contribution in [-0.4, -0.2) is 17.2 Å². The number of alkyl halides is 1. The number of carboxylic acids is 1. The van der Waals surface area contributed by atoms with Gasteiger partial charge in [-0.25, -0.2) is 9.18 Å². The lowest BCUT2D eigenvalue weighted by atomic mass is 9.89. The van der Waals surface area contributed by atoms with Crippen LogP contribution < -0.4 is 0 Å². The van der Waals surface area contributed by atoms with Gasteiger partial charge in [-0.2, -0.15) is 0 Å². The maximum Gasteiger partial charge on any atom is 0.335 e. The lowest BCUT2D eigenvalue weighted by molar-refractivity contribution is 0.0696. The molecule has 1 aliphatic rings. The van der Waals surface area contributed by atoms with Gasteiger partial charge in [0.1, 0.15) is 6.17 Å². The molecule has 74 valence electrons. The summed E-state index contributed by atoms with van der Waals surface area (Å²) < 4.78 is 13.0. The molecule has 2 nitrogen and oxygen atoms in total. The molecule has 0 aliphatic heterocycles. The Morgan fingerprint density at radius 3 is 2.93 bits per heavy atom. The average molecular weight is 194 g/mol. The van der Waals surface area contributed by atoms with Crippen molar-refractivity contribution in [1.29, 1.82) is 0 Å². The topological polar surface area (TPSA) is 37.3 Å². The van der Waals surface area contributed by atoms with E-state index in [1.54, 1.807) is 18.2 Å². The second kappa shape index (κ2) is 3.40. The van der Waals surface area contributed by atoms with Crippen molar-refractivity contribution >= 4 is 5.97 Å². The second-order valence-electron chi connectivity index (χ2n) is 3.63. The number of halogens is 1. The summed E-state index contributed by atoms with van der Waals surface area (Å²) in [6, 6.07) is 4.92. The van der Waals surface area contributed by atoms with E-state index in [-0.39, 0.29) is 0 Å². The fourth-order valence-corrected chi connectivity index (χ4v) is 1.84. The predicted octanol–water partition coefficient (Wildman–Crippen LogP) is 2.21. The Bertz CT molecular complexity index is 374. The summed E-state index contributed by atoms with van der Waals surface area (Å²) in [5, 5.41) is 8.76. The highest BCUT2D eigenvalue weighted by Gasteiger charge is 2.18. The highest BCUT2D eigenvalue weighted by atomic mass is 19.1. The quantitative estimate of drug-likeness (QED) is 0.744. The molecule has 0 saturated carbocycles. The third-order valence-corrected chi connectivity index (χ3v) is 2.62. The van der Waals surface area contributed by atoms with E-state index < -0.39 is 12.1 Å². The lowest BCUT2D eigenvalue weighted by Gasteiger charge is -2.19. The molecule has 1 unspecified atom stereocenters. The third-order valence-electron chi connectivity index (χ3n) is 2.62. The molecule has 1 N–H and O–H groups in total. The molecule has 14 heavy (non-hydrogen) atoms. The largest absolute Gasteiger partial charge is 0.478 e. The molecule has 2 rings (SSSR count). The summed E-state index contributed by atoms with van der Waals surface area (Å²) in [5.74, 6) is -0.921. The van der Waals surface area contributed by atoms with Crippen molar-refractivity contribution in [2.75, 3.05) is 0 Å². The number of rotatable bonds is 1. The van der Waals surface area contributed by atoms with Gasteiger partial charge in [0.05, 0.1) is 5.56 Å². The van der Waals surface area contributed by atoms with Crippen LogP contribution in [0.3, 0.4) is 0 Å². The van der Waals surface area contributed by atoms with E-state index in [4.69, 9.17) is 5.11 Å². The highest BCUT2D eigenvalue weighted by molar-refractivity contribution is 5.87. The number of aromatic carboxylic acids is 1. The zero-order chi connectivity index (χ0) is 10.1. The first-order chi connectivity index (χ1) is 6.66. The van der Waals surface area contributed by atoms with Crippen LogP contribution in [0.2, 0.25) is 0 Å². The van der Waals surface area contributed by atoms with Gasteiger partial charge >= 0.3 is 5.97 Å². The Morgan fingerprint density at radius 2 is 2.21 bits per heavy atom. The summed E-state index contributed by atoms with van der Waals surface area (Å²) in [5.41, 5.74) is 2.23. The zero-order valence-corrected chi connectivity index (χ0v) is 7.66. The molecule has 1 aliphatic carbocycles. The predicted molar refractivity (Wildman–Crippen MR) is 50.3 cm³/mol. The van der Waals surface area contributed by atoms with Crippen LogP contribution in [0.5, 0.6) is 0 Å². The summed E-state index contributed by atoms with van der Waals surface area (Å²) in [6.45, 7) is 0. The molecule has 1 aromatic rings. The van der Waals surface area contributed by atoms with Gasteiger partial charge in [-0.05, 0) is 36.1 Å². The van der Waals surface area contributed by atoms with Crippen LogP contribution in [0.25, 0.3) is 0 Å². The van der Waals surface area contributed by atoms with Gasteiger partial charge < -0.3 is 5.11 Å². The van der Waals surface area contributed by atoms with E-state index in [0.29, 0.717) is 24.8 Å². The van der Waals surface area contributed by atoms with Crippen LogP contribution >= 0.6 is 0 Å². The number of carbonyl (C=O) groups is 1. The smallest absolute Gasteiger partial charge is 0.335 e. The van der Waals surface area contributed by atoms with Crippen molar-refractivity contribution < 1.29 is 14.3 Å². The summed E-state index contributed by atoms with van der Waals surface area (Å²) in [6.07, 6.45) is 0.821. The van der Waals surface area contributed by atoms with Crippen LogP contribution in [0, 0.1) is 0 Å². The number of benzene rings is 1. The van der Waals surface area contributed by atoms with E-state index >= 15 is 0 Å². The van der Waals surface area contributed by atoms with Crippen molar-refractivity contribution in [2.45, 2.75) is 25.4 Å². The van der Waals surface area contributed by atoms with E-state index in [1.165, 1.54) is 0 Å². The number of fused-ring (bicyclic) bond motifs is 1. The molecule has 0 spiro atoms. The zero-order valence-electron chi connectivity index (χ0n) is 7.66. The number of hydrogen-bond donors (Lipinski definition) is 1. The minimum absolute atomic E-state index is 0.293. The maximum absolute atomic E-state index is 13.0. The molecular weight excluding hydrogens is 183 g/mol. The molecular formula is C11H11FO2. The van der Waals surface area contributed by atoms with Gasteiger partial charge in [-0.3, -0.25) is 0 Å². The molecule has 0 radical (unpaired) electrons. The van der Waals surface area contributed by atoms with Crippen molar-refractivity contribution in [1.82, 2.24) is 0 Å². The van der Waals surface area contributed by atoms with Gasteiger partial charge in [-0.15, -0.1) is 0 Å². The number of aryl methyl sites for hydroxylation is 1. The van der Waals surface area contributed by atoms with Gasteiger partial charge in [-0.1, -0.05) is 6.07 Å². The molecule has 3 heteroatoms. The SMILES string of the molecule is O=C(O)c1ccc2c(c1)CCC(F)C2. The average Bonchev–Trinajstić information content (AvgIpc) is 2.16. The Hall–Kier alpha value is -1.38. The van der Waals surface area contributed by atoms with Gasteiger partial charge in [0.15, 0.2) is 0 Å². The lowest BCUT2D eigenvalue weighted by Crippen LogP contribution is -2.15. The molecule has 0 heterocycles. The Labute approximate surface area is 81.4 Å². The summed E-state index contributed by atoms with van der Waals surface area (Å²) in [7, 11) is 0. The summed E-state index contributed by atoms with van der Waals surface area (Å²) >= 11 is 0. The van der Waals surface area contributed by atoms with Crippen LogP contribution in [0.1, 0.15) is 27.9 Å². The van der Waals surface area contributed by atoms with Crippen molar-refractivity contribution in [3.8, 4) is 0 Å². The minimum atomic E-state index is -0.921. The fourth-order valence-electron chi connectivity index (χ4n) is 1.84. The van der Waals surface area contributed by atoms with E-state index in [2.05, 4.69) is 0 Å². The van der Waals surface area contributed by atoms with Crippen LogP contribution in [0.15, 0.2) is 18.2 Å². The van der Waals surface area contributed by atoms with Crippen molar-refractivity contribution in [3.05, 3.63) is 34.9 Å². The monoisotopic (exact) mass is 194 g/mol. The second-order valence-corrected chi connectivity index (χ2v) is 3.63.